The van der Waals surface area contributed by atoms with Crippen LogP contribution in [0.25, 0.3) is 0 Å². The van der Waals surface area contributed by atoms with Crippen LogP contribution in [0.4, 0.5) is 0 Å². The average Bonchev–Trinajstić information content (AvgIpc) is 3.34. The van der Waals surface area contributed by atoms with Crippen molar-refractivity contribution >= 4 is 11.7 Å². The first-order valence-corrected chi connectivity index (χ1v) is 25.5. The Labute approximate surface area is 421 Å². The van der Waals surface area contributed by atoms with E-state index in [2.05, 4.69) is 5.43 Å². The molecule has 3 heterocycles. The lowest BCUT2D eigenvalue weighted by Gasteiger charge is -2.49. The zero-order valence-electron chi connectivity index (χ0n) is 44.1. The molecule has 3 aromatic rings. The van der Waals surface area contributed by atoms with E-state index in [4.69, 9.17) is 33.5 Å². The number of nitrogens with zero attached hydrogens (tertiary/aromatic N) is 2. The molecule has 0 bridgehead atoms. The van der Waals surface area contributed by atoms with Crippen molar-refractivity contribution in [3.05, 3.63) is 108 Å². The van der Waals surface area contributed by atoms with Gasteiger partial charge in [0.2, 0.25) is 0 Å². The largest absolute Gasteiger partial charge is 0.459 e. The molecule has 0 radical (unpaired) electrons. The molecule has 18 atom stereocenters. The van der Waals surface area contributed by atoms with E-state index in [1.807, 2.05) is 131 Å². The number of aliphatic hydroxyl groups excluding tert-OH is 3. The molecule has 0 unspecified atom stereocenters. The van der Waals surface area contributed by atoms with Gasteiger partial charge in [0.15, 0.2) is 12.6 Å². The van der Waals surface area contributed by atoms with Crippen LogP contribution in [0.5, 0.6) is 0 Å². The number of esters is 1. The van der Waals surface area contributed by atoms with Gasteiger partial charge >= 0.3 is 5.97 Å². The minimum absolute atomic E-state index is 0.0279. The Morgan fingerprint density at radius 3 is 1.80 bits per heavy atom. The van der Waals surface area contributed by atoms with E-state index in [1.54, 1.807) is 41.5 Å². The summed E-state index contributed by atoms with van der Waals surface area (Å²) in [7, 11) is 5.27. The van der Waals surface area contributed by atoms with Crippen LogP contribution in [0.1, 0.15) is 112 Å². The summed E-state index contributed by atoms with van der Waals surface area (Å²) >= 11 is 0. The van der Waals surface area contributed by atoms with E-state index in [0.29, 0.717) is 12.1 Å². The summed E-state index contributed by atoms with van der Waals surface area (Å²) in [5, 5.41) is 66.7. The fraction of sp³-hybridized carbons (Fsp3) is 0.643. The van der Waals surface area contributed by atoms with E-state index in [0.717, 1.165) is 16.7 Å². The summed E-state index contributed by atoms with van der Waals surface area (Å²) in [4.78, 5) is 16.6. The molecule has 0 spiro atoms. The monoisotopic (exact) mass is 990 g/mol. The molecule has 3 aliphatic heterocycles. The third-order valence-corrected chi connectivity index (χ3v) is 15.8. The number of hydrogen-bond acceptors (Lipinski definition) is 15. The molecule has 6 N–H and O–H groups in total. The molecule has 394 valence electrons. The second-order valence-electron chi connectivity index (χ2n) is 21.6. The van der Waals surface area contributed by atoms with Crippen molar-refractivity contribution in [2.24, 2.45) is 28.8 Å². The molecule has 3 aliphatic rings. The Hall–Kier alpha value is -3.84. The van der Waals surface area contributed by atoms with Gasteiger partial charge in [-0.2, -0.15) is 5.10 Å². The van der Waals surface area contributed by atoms with E-state index in [-0.39, 0.29) is 31.4 Å². The van der Waals surface area contributed by atoms with Gasteiger partial charge in [0, 0.05) is 37.1 Å². The van der Waals surface area contributed by atoms with Crippen molar-refractivity contribution in [3.63, 3.8) is 0 Å². The van der Waals surface area contributed by atoms with Gasteiger partial charge in [0.05, 0.1) is 47.6 Å². The van der Waals surface area contributed by atoms with Crippen LogP contribution in [-0.2, 0) is 38.8 Å². The van der Waals surface area contributed by atoms with Gasteiger partial charge in [-0.05, 0) is 97.5 Å². The molecule has 3 fully saturated rings. The smallest absolute Gasteiger partial charge is 0.311 e. The fourth-order valence-corrected chi connectivity index (χ4v) is 11.5. The lowest BCUT2D eigenvalue weighted by atomic mass is 9.73. The lowest BCUT2D eigenvalue weighted by Crippen LogP contribution is -2.61. The highest BCUT2D eigenvalue weighted by atomic mass is 16.7. The SMILES string of the molecule is CC[C@@H]1OC(=O)[C@H](C)[C@H](O[C@H]2C[C@@](C)(OC)[C@@H](O)[C@H](C)O2)[C@@H](C)[C@@H](O[C@@H]2O[C@H](C)C[C@H](N(C)C)[C@H]2O)[C@@](C)(O)C[C@@H](C)/C(=N\NC(c2ccccc2)(c2ccccc2)c2ccccc2)[C@@H](C)[C@H](O)[C@@]1(C)O. The van der Waals surface area contributed by atoms with Crippen molar-refractivity contribution in [3.8, 4) is 0 Å². The van der Waals surface area contributed by atoms with E-state index in [9.17, 15) is 30.3 Å². The number of ether oxygens (including phenoxy) is 6. The maximum Gasteiger partial charge on any atom is 0.311 e. The molecular formula is C56H83N3O12. The summed E-state index contributed by atoms with van der Waals surface area (Å²) in [6.45, 7) is 17.4. The average molecular weight is 990 g/mol. The molecular weight excluding hydrogens is 907 g/mol. The van der Waals surface area contributed by atoms with Gasteiger partial charge in [-0.15, -0.1) is 0 Å². The number of hydrogen-bond donors (Lipinski definition) is 6. The Morgan fingerprint density at radius 2 is 1.31 bits per heavy atom. The quantitative estimate of drug-likeness (QED) is 0.0686. The second-order valence-corrected chi connectivity index (χ2v) is 21.6. The topological polar surface area (TPSA) is 201 Å². The summed E-state index contributed by atoms with van der Waals surface area (Å²) in [6, 6.07) is 29.5. The van der Waals surface area contributed by atoms with Gasteiger partial charge in [-0.3, -0.25) is 10.2 Å². The van der Waals surface area contributed by atoms with E-state index < -0.39 is 107 Å². The third kappa shape index (κ3) is 11.9. The highest BCUT2D eigenvalue weighted by molar-refractivity contribution is 5.89. The summed E-state index contributed by atoms with van der Waals surface area (Å²) in [6.07, 6.45) is -9.71. The normalized spacial score (nSPS) is 39.7. The predicted molar refractivity (Wildman–Crippen MR) is 271 cm³/mol. The first-order valence-electron chi connectivity index (χ1n) is 25.5. The van der Waals surface area contributed by atoms with Crippen molar-refractivity contribution in [2.75, 3.05) is 21.2 Å². The van der Waals surface area contributed by atoms with E-state index >= 15 is 0 Å². The number of carbonyl (C=O) groups excluding carboxylic acids is 1. The molecule has 6 rings (SSSR count). The Kier molecular flexibility index (Phi) is 18.4. The summed E-state index contributed by atoms with van der Waals surface area (Å²) < 4.78 is 38.5. The molecule has 0 aliphatic carbocycles. The first-order chi connectivity index (χ1) is 33.4. The number of methoxy groups -OCH3 is 1. The van der Waals surface area contributed by atoms with Crippen molar-refractivity contribution < 1.29 is 58.7 Å². The minimum Gasteiger partial charge on any atom is -0.459 e. The number of nitrogens with one attached hydrogen (secondary N) is 1. The highest BCUT2D eigenvalue weighted by Gasteiger charge is 2.54. The summed E-state index contributed by atoms with van der Waals surface area (Å²) in [5.41, 5.74) is 0.721. The van der Waals surface area contributed by atoms with Gasteiger partial charge in [0.25, 0.3) is 0 Å². The summed E-state index contributed by atoms with van der Waals surface area (Å²) in [5.74, 6) is -4.22. The molecule has 0 saturated carbocycles. The van der Waals surface area contributed by atoms with Crippen LogP contribution in [0, 0.1) is 23.7 Å². The molecule has 0 aromatic heterocycles. The minimum atomic E-state index is -2.01. The number of aliphatic hydroxyl groups is 5. The second kappa shape index (κ2) is 23.1. The molecule has 71 heavy (non-hydrogen) atoms. The molecule has 3 aromatic carbocycles. The zero-order valence-corrected chi connectivity index (χ0v) is 44.1. The van der Waals surface area contributed by atoms with Gasteiger partial charge in [-0.1, -0.05) is 119 Å². The van der Waals surface area contributed by atoms with Gasteiger partial charge in [-0.25, -0.2) is 0 Å². The van der Waals surface area contributed by atoms with E-state index in [1.165, 1.54) is 14.0 Å². The van der Waals surface area contributed by atoms with Crippen LogP contribution >= 0.6 is 0 Å². The number of likely N-dealkylation sites (N-methyl/N-ethyl adjacent to an activating group) is 1. The number of cyclic esters (lactones) is 1. The van der Waals surface area contributed by atoms with Crippen molar-refractivity contribution in [2.45, 2.75) is 185 Å². The van der Waals surface area contributed by atoms with Crippen molar-refractivity contribution in [1.29, 1.82) is 0 Å². The maximum atomic E-state index is 14.7. The molecule has 15 heteroatoms. The fourth-order valence-electron chi connectivity index (χ4n) is 11.5. The van der Waals surface area contributed by atoms with Gasteiger partial charge < -0.3 is 58.9 Å². The van der Waals surface area contributed by atoms with Crippen LogP contribution in [0.15, 0.2) is 96.1 Å². The maximum absolute atomic E-state index is 14.7. The zero-order chi connectivity index (χ0) is 52.2. The standard InChI is InChI=1S/C56H83N3O12/c1-14-43-55(10,65)48(61)35(4)45(57-58-56(39-24-18-15-19-25-39,40-26-20-16-21-27-40)41-28-22-17-23-29-41)33(2)31-53(8,64)50(71-52-46(60)42(59(11)12)30-34(3)67-52)36(5)47(37(6)51(63)69-43)70-44-32-54(9,66-13)49(62)38(7)68-44/h15-29,33-38,42-44,46-50,52,58,60-62,64-65H,14,30-32H2,1-13H3/b57-45+/t33-,34-,35-,36-,37-,38+,42+,43+,44+,46-,47-,48+,49+,50-,52+,53+,54-,55+/m1/s1. The van der Waals surface area contributed by atoms with Crippen LogP contribution in [0.3, 0.4) is 0 Å². The number of carbonyl (C=O) groups is 1. The third-order valence-electron chi connectivity index (χ3n) is 15.8. The Balaban J connectivity index is 1.54. The van der Waals surface area contributed by atoms with Crippen LogP contribution in [-0.4, -0.2) is 148 Å². The lowest BCUT2D eigenvalue weighted by molar-refractivity contribution is -0.317. The van der Waals surface area contributed by atoms with Crippen LogP contribution in [0.2, 0.25) is 0 Å². The number of benzene rings is 3. The molecule has 15 nitrogen and oxygen atoms in total. The van der Waals surface area contributed by atoms with Gasteiger partial charge in [0.1, 0.15) is 29.5 Å². The number of hydrazone groups is 1. The number of rotatable bonds is 12. The first kappa shape index (κ1) is 56.5. The Morgan fingerprint density at radius 1 is 0.775 bits per heavy atom. The predicted octanol–water partition coefficient (Wildman–Crippen LogP) is 6.15. The highest BCUT2D eigenvalue weighted by Crippen LogP contribution is 2.42. The molecule has 0 amide bonds. The van der Waals surface area contributed by atoms with Crippen molar-refractivity contribution in [1.82, 2.24) is 10.3 Å². The molecule has 3 saturated heterocycles. The van der Waals surface area contributed by atoms with Crippen LogP contribution < -0.4 is 5.43 Å². The Bertz CT molecular complexity index is 2080.